The number of thiophene rings is 1. The lowest BCUT2D eigenvalue weighted by Crippen LogP contribution is -2.23. The van der Waals surface area contributed by atoms with Crippen LogP contribution in [0.1, 0.15) is 23.6 Å². The molecule has 5 heteroatoms. The molecule has 0 bridgehead atoms. The van der Waals surface area contributed by atoms with Crippen LogP contribution < -0.4 is 0 Å². The SMILES string of the molecule is O=C1CC(c2cc(Cl)cs2)CC(=O)O1. The van der Waals surface area contributed by atoms with Crippen molar-refractivity contribution >= 4 is 34.9 Å². The topological polar surface area (TPSA) is 43.4 Å². The monoisotopic (exact) mass is 230 g/mol. The van der Waals surface area contributed by atoms with Gasteiger partial charge < -0.3 is 4.74 Å². The van der Waals surface area contributed by atoms with Crippen molar-refractivity contribution in [1.82, 2.24) is 0 Å². The second kappa shape index (κ2) is 3.71. The van der Waals surface area contributed by atoms with E-state index in [-0.39, 0.29) is 18.8 Å². The first kappa shape index (κ1) is 9.68. The normalized spacial score (nSPS) is 18.4. The Morgan fingerprint density at radius 1 is 1.36 bits per heavy atom. The van der Waals surface area contributed by atoms with Gasteiger partial charge >= 0.3 is 11.9 Å². The zero-order chi connectivity index (χ0) is 10.1. The highest BCUT2D eigenvalue weighted by Crippen LogP contribution is 2.33. The Labute approximate surface area is 89.6 Å². The third-order valence-electron chi connectivity index (χ3n) is 2.04. The van der Waals surface area contributed by atoms with Crippen LogP contribution in [0.5, 0.6) is 0 Å². The molecule has 0 aliphatic carbocycles. The van der Waals surface area contributed by atoms with Gasteiger partial charge in [0.2, 0.25) is 0 Å². The van der Waals surface area contributed by atoms with Gasteiger partial charge in [0, 0.05) is 16.2 Å². The maximum Gasteiger partial charge on any atom is 0.314 e. The molecule has 0 amide bonds. The average Bonchev–Trinajstić information content (AvgIpc) is 2.50. The highest BCUT2D eigenvalue weighted by Gasteiger charge is 2.29. The minimum Gasteiger partial charge on any atom is -0.393 e. The molecule has 0 unspecified atom stereocenters. The van der Waals surface area contributed by atoms with Crippen LogP contribution in [0.2, 0.25) is 5.02 Å². The second-order valence-corrected chi connectivity index (χ2v) is 4.50. The number of carbonyl (C=O) groups is 2. The van der Waals surface area contributed by atoms with E-state index in [9.17, 15) is 9.59 Å². The summed E-state index contributed by atoms with van der Waals surface area (Å²) in [4.78, 5) is 23.0. The van der Waals surface area contributed by atoms with Crippen molar-refractivity contribution in [2.75, 3.05) is 0 Å². The molecule has 2 rings (SSSR count). The largest absolute Gasteiger partial charge is 0.393 e. The number of hydrogen-bond acceptors (Lipinski definition) is 4. The third-order valence-corrected chi connectivity index (χ3v) is 3.49. The van der Waals surface area contributed by atoms with E-state index in [4.69, 9.17) is 11.6 Å². The summed E-state index contributed by atoms with van der Waals surface area (Å²) < 4.78 is 4.44. The lowest BCUT2D eigenvalue weighted by Gasteiger charge is -2.17. The Morgan fingerprint density at radius 2 is 2.00 bits per heavy atom. The van der Waals surface area contributed by atoms with Gasteiger partial charge in [-0.25, -0.2) is 0 Å². The zero-order valence-electron chi connectivity index (χ0n) is 7.16. The van der Waals surface area contributed by atoms with E-state index < -0.39 is 11.9 Å². The average molecular weight is 231 g/mol. The lowest BCUT2D eigenvalue weighted by atomic mass is 9.98. The second-order valence-electron chi connectivity index (χ2n) is 3.12. The first-order valence-electron chi connectivity index (χ1n) is 4.12. The van der Waals surface area contributed by atoms with E-state index in [1.165, 1.54) is 11.3 Å². The van der Waals surface area contributed by atoms with Gasteiger partial charge in [0.25, 0.3) is 0 Å². The summed E-state index contributed by atoms with van der Waals surface area (Å²) in [6.45, 7) is 0. The van der Waals surface area contributed by atoms with Gasteiger partial charge in [-0.2, -0.15) is 0 Å². The minimum atomic E-state index is -0.448. The molecule has 0 saturated carbocycles. The molecule has 14 heavy (non-hydrogen) atoms. The summed E-state index contributed by atoms with van der Waals surface area (Å²) in [5, 5.41) is 2.44. The fourth-order valence-corrected chi connectivity index (χ4v) is 2.62. The molecule has 0 radical (unpaired) electrons. The fraction of sp³-hybridized carbons (Fsp3) is 0.333. The van der Waals surface area contributed by atoms with Crippen LogP contribution in [0.4, 0.5) is 0 Å². The van der Waals surface area contributed by atoms with Crippen LogP contribution in [0.3, 0.4) is 0 Å². The van der Waals surface area contributed by atoms with Crippen molar-refractivity contribution < 1.29 is 14.3 Å². The van der Waals surface area contributed by atoms with Crippen LogP contribution in [0.15, 0.2) is 11.4 Å². The predicted octanol–water partition coefficient (Wildman–Crippen LogP) is 2.35. The van der Waals surface area contributed by atoms with E-state index in [0.29, 0.717) is 5.02 Å². The summed E-state index contributed by atoms with van der Waals surface area (Å²) in [6.07, 6.45) is 0.533. The van der Waals surface area contributed by atoms with Crippen LogP contribution >= 0.6 is 22.9 Å². The van der Waals surface area contributed by atoms with E-state index in [2.05, 4.69) is 4.74 Å². The van der Waals surface area contributed by atoms with Crippen molar-refractivity contribution in [3.63, 3.8) is 0 Å². The zero-order valence-corrected chi connectivity index (χ0v) is 8.73. The Kier molecular flexibility index (Phi) is 2.56. The summed E-state index contributed by atoms with van der Waals surface area (Å²) in [5.41, 5.74) is 0. The van der Waals surface area contributed by atoms with E-state index in [1.807, 2.05) is 0 Å². The van der Waals surface area contributed by atoms with Crippen LogP contribution in [0.25, 0.3) is 0 Å². The van der Waals surface area contributed by atoms with E-state index in [1.54, 1.807) is 11.4 Å². The molecule has 0 N–H and O–H groups in total. The number of hydrogen-bond donors (Lipinski definition) is 0. The van der Waals surface area contributed by atoms with Crippen molar-refractivity contribution in [1.29, 1.82) is 0 Å². The Morgan fingerprint density at radius 3 is 2.50 bits per heavy atom. The molecular weight excluding hydrogens is 224 g/mol. The quantitative estimate of drug-likeness (QED) is 0.550. The molecule has 0 atom stereocenters. The van der Waals surface area contributed by atoms with Crippen molar-refractivity contribution in [2.24, 2.45) is 0 Å². The van der Waals surface area contributed by atoms with E-state index >= 15 is 0 Å². The predicted molar refractivity (Wildman–Crippen MR) is 52.4 cm³/mol. The molecule has 1 aliphatic heterocycles. The molecular formula is C9H7ClO3S. The molecule has 1 fully saturated rings. The molecule has 0 spiro atoms. The van der Waals surface area contributed by atoms with Gasteiger partial charge in [-0.1, -0.05) is 11.6 Å². The Hall–Kier alpha value is -0.870. The lowest BCUT2D eigenvalue weighted by molar-refractivity contribution is -0.163. The van der Waals surface area contributed by atoms with Gasteiger partial charge in [0.1, 0.15) is 0 Å². The molecule has 1 aliphatic rings. The van der Waals surface area contributed by atoms with Gasteiger partial charge in [-0.05, 0) is 6.07 Å². The molecule has 74 valence electrons. The third kappa shape index (κ3) is 1.96. The first-order chi connectivity index (χ1) is 6.65. The van der Waals surface area contributed by atoms with Gasteiger partial charge in [0.05, 0.1) is 17.9 Å². The molecule has 1 aromatic heterocycles. The standard InChI is InChI=1S/C9H7ClO3S/c10-6-3-7(14-4-6)5-1-8(11)13-9(12)2-5/h3-5H,1-2H2. The molecule has 1 saturated heterocycles. The minimum absolute atomic E-state index is 0.0544. The number of cyclic esters (lactones) is 2. The molecule has 1 aromatic rings. The van der Waals surface area contributed by atoms with Gasteiger partial charge in [-0.15, -0.1) is 11.3 Å². The number of esters is 2. The number of carbonyl (C=O) groups excluding carboxylic acids is 2. The molecule has 3 nitrogen and oxygen atoms in total. The summed E-state index contributed by atoms with van der Waals surface area (Å²) in [5.74, 6) is -0.951. The van der Waals surface area contributed by atoms with Crippen molar-refractivity contribution in [3.05, 3.63) is 21.3 Å². The summed E-state index contributed by atoms with van der Waals surface area (Å²) in [7, 11) is 0. The Bertz CT molecular complexity index is 369. The highest BCUT2D eigenvalue weighted by atomic mass is 35.5. The highest BCUT2D eigenvalue weighted by molar-refractivity contribution is 7.10. The summed E-state index contributed by atoms with van der Waals surface area (Å²) in [6, 6.07) is 1.79. The number of halogens is 1. The van der Waals surface area contributed by atoms with Crippen LogP contribution in [0, 0.1) is 0 Å². The van der Waals surface area contributed by atoms with Gasteiger partial charge in [-0.3, -0.25) is 9.59 Å². The fourth-order valence-electron chi connectivity index (χ4n) is 1.43. The van der Waals surface area contributed by atoms with E-state index in [0.717, 1.165) is 4.88 Å². The van der Waals surface area contributed by atoms with Crippen LogP contribution in [-0.2, 0) is 14.3 Å². The smallest absolute Gasteiger partial charge is 0.314 e. The van der Waals surface area contributed by atoms with Crippen molar-refractivity contribution in [3.8, 4) is 0 Å². The molecule has 0 aromatic carbocycles. The Balaban J connectivity index is 2.18. The molecule has 2 heterocycles. The number of ether oxygens (including phenoxy) is 1. The maximum atomic E-state index is 11.0. The first-order valence-corrected chi connectivity index (χ1v) is 5.38. The maximum absolute atomic E-state index is 11.0. The van der Waals surface area contributed by atoms with Crippen molar-refractivity contribution in [2.45, 2.75) is 18.8 Å². The van der Waals surface area contributed by atoms with Gasteiger partial charge in [0.15, 0.2) is 0 Å². The summed E-state index contributed by atoms with van der Waals surface area (Å²) >= 11 is 7.23. The van der Waals surface area contributed by atoms with Crippen LogP contribution in [-0.4, -0.2) is 11.9 Å². The number of rotatable bonds is 1.